The second-order valence-electron chi connectivity index (χ2n) is 8.73. The van der Waals surface area contributed by atoms with E-state index in [1.54, 1.807) is 39.4 Å². The quantitative estimate of drug-likeness (QED) is 0.194. The summed E-state index contributed by atoms with van der Waals surface area (Å²) in [6.07, 6.45) is 5.31. The van der Waals surface area contributed by atoms with Crippen molar-refractivity contribution in [3.05, 3.63) is 112 Å². The maximum atomic E-state index is 13.3. The van der Waals surface area contributed by atoms with Crippen LogP contribution >= 0.6 is 0 Å². The zero-order valence-corrected chi connectivity index (χ0v) is 21.4. The SMILES string of the molecule is COc1ccc(COc2ccn(C)c(=O)c2C(=O)/C(C)=C/C=C/[Si](C)(C)c2ccccc2)cc1. The van der Waals surface area contributed by atoms with Crippen LogP contribution in [0.1, 0.15) is 22.8 Å². The van der Waals surface area contributed by atoms with E-state index < -0.39 is 8.07 Å². The Balaban J connectivity index is 1.82. The van der Waals surface area contributed by atoms with Crippen molar-refractivity contribution in [3.63, 3.8) is 0 Å². The molecular weight excluding hydrogens is 442 g/mol. The molecule has 0 aliphatic heterocycles. The van der Waals surface area contributed by atoms with Gasteiger partial charge in [-0.2, -0.15) is 0 Å². The number of ketones is 1. The van der Waals surface area contributed by atoms with E-state index in [0.717, 1.165) is 11.3 Å². The fourth-order valence-corrected chi connectivity index (χ4v) is 5.32. The molecule has 0 radical (unpaired) electrons. The number of carbonyl (C=O) groups is 1. The molecule has 0 aliphatic carbocycles. The Bertz CT molecular complexity index is 1260. The van der Waals surface area contributed by atoms with Gasteiger partial charge in [0.2, 0.25) is 0 Å². The normalized spacial score (nSPS) is 12.1. The highest BCUT2D eigenvalue weighted by Gasteiger charge is 2.21. The lowest BCUT2D eigenvalue weighted by molar-refractivity contribution is 0.102. The molecule has 0 unspecified atom stereocenters. The Kier molecular flexibility index (Phi) is 8.07. The van der Waals surface area contributed by atoms with E-state index in [4.69, 9.17) is 9.47 Å². The fourth-order valence-electron chi connectivity index (χ4n) is 3.49. The van der Waals surface area contributed by atoms with E-state index in [9.17, 15) is 9.59 Å². The van der Waals surface area contributed by atoms with Gasteiger partial charge in [-0.05, 0) is 36.3 Å². The van der Waals surface area contributed by atoms with Gasteiger partial charge in [-0.25, -0.2) is 0 Å². The number of ether oxygens (including phenoxy) is 2. The van der Waals surface area contributed by atoms with Gasteiger partial charge in [-0.1, -0.05) is 78.6 Å². The van der Waals surface area contributed by atoms with Crippen molar-refractivity contribution in [3.8, 4) is 11.5 Å². The smallest absolute Gasteiger partial charge is 0.265 e. The molecule has 176 valence electrons. The Hall–Kier alpha value is -3.64. The highest BCUT2D eigenvalue weighted by atomic mass is 28.3. The molecule has 0 spiro atoms. The van der Waals surface area contributed by atoms with Gasteiger partial charge in [-0.15, -0.1) is 0 Å². The van der Waals surface area contributed by atoms with Crippen molar-refractivity contribution >= 4 is 19.0 Å². The van der Waals surface area contributed by atoms with Crippen LogP contribution in [-0.2, 0) is 13.7 Å². The van der Waals surface area contributed by atoms with Gasteiger partial charge < -0.3 is 14.0 Å². The Labute approximate surface area is 202 Å². The topological polar surface area (TPSA) is 57.5 Å². The van der Waals surface area contributed by atoms with E-state index in [1.165, 1.54) is 9.75 Å². The van der Waals surface area contributed by atoms with Crippen LogP contribution < -0.4 is 20.2 Å². The van der Waals surface area contributed by atoms with Gasteiger partial charge in [-0.3, -0.25) is 9.59 Å². The van der Waals surface area contributed by atoms with Crippen molar-refractivity contribution in [2.24, 2.45) is 7.05 Å². The predicted molar refractivity (Wildman–Crippen MR) is 140 cm³/mol. The average molecular weight is 474 g/mol. The zero-order valence-electron chi connectivity index (χ0n) is 20.4. The molecule has 0 saturated carbocycles. The molecule has 0 atom stereocenters. The Morgan fingerprint density at radius 1 is 1.03 bits per heavy atom. The Morgan fingerprint density at radius 2 is 1.71 bits per heavy atom. The van der Waals surface area contributed by atoms with Crippen molar-refractivity contribution in [1.29, 1.82) is 0 Å². The molecule has 1 aromatic heterocycles. The van der Waals surface area contributed by atoms with Crippen LogP contribution in [-0.4, -0.2) is 25.5 Å². The summed E-state index contributed by atoms with van der Waals surface area (Å²) in [4.78, 5) is 26.1. The van der Waals surface area contributed by atoms with Gasteiger partial charge in [0.15, 0.2) is 5.78 Å². The number of rotatable bonds is 9. The summed E-state index contributed by atoms with van der Waals surface area (Å²) in [5.74, 6) is 0.690. The van der Waals surface area contributed by atoms with Crippen molar-refractivity contribution < 1.29 is 14.3 Å². The first kappa shape index (κ1) is 25.0. The van der Waals surface area contributed by atoms with E-state index in [0.29, 0.717) is 5.57 Å². The van der Waals surface area contributed by atoms with Crippen LogP contribution in [0.5, 0.6) is 11.5 Å². The predicted octanol–water partition coefficient (Wildman–Crippen LogP) is 4.81. The lowest BCUT2D eigenvalue weighted by atomic mass is 10.0. The number of pyridine rings is 1. The molecule has 6 heteroatoms. The van der Waals surface area contributed by atoms with Gasteiger partial charge in [0.1, 0.15) is 31.7 Å². The number of carbonyl (C=O) groups excluding carboxylic acids is 1. The molecule has 34 heavy (non-hydrogen) atoms. The second-order valence-corrected chi connectivity index (χ2v) is 13.1. The highest BCUT2D eigenvalue weighted by molar-refractivity contribution is 6.93. The van der Waals surface area contributed by atoms with Crippen LogP contribution in [0, 0.1) is 0 Å². The first-order valence-corrected chi connectivity index (χ1v) is 14.2. The van der Waals surface area contributed by atoms with Crippen molar-refractivity contribution in [1.82, 2.24) is 4.57 Å². The van der Waals surface area contributed by atoms with Crippen LogP contribution in [0.4, 0.5) is 0 Å². The molecular formula is C28H31NO4Si. The minimum atomic E-state index is -1.78. The van der Waals surface area contributed by atoms with E-state index in [1.807, 2.05) is 48.5 Å². The third kappa shape index (κ3) is 6.02. The number of aromatic nitrogens is 1. The molecule has 1 heterocycles. The summed E-state index contributed by atoms with van der Waals surface area (Å²) in [5.41, 5.74) is 3.23. The Morgan fingerprint density at radius 3 is 2.35 bits per heavy atom. The molecule has 5 nitrogen and oxygen atoms in total. The van der Waals surface area contributed by atoms with Gasteiger partial charge >= 0.3 is 0 Å². The van der Waals surface area contributed by atoms with E-state index in [-0.39, 0.29) is 29.3 Å². The molecule has 3 aromatic rings. The summed E-state index contributed by atoms with van der Waals surface area (Å²) in [6, 6.07) is 19.5. The molecule has 0 aliphatic rings. The number of allylic oxidation sites excluding steroid dienone is 3. The summed E-state index contributed by atoms with van der Waals surface area (Å²) in [5, 5.41) is 1.31. The lowest BCUT2D eigenvalue weighted by Gasteiger charge is -2.17. The average Bonchev–Trinajstić information content (AvgIpc) is 2.85. The first-order valence-electron chi connectivity index (χ1n) is 11.1. The number of hydrogen-bond acceptors (Lipinski definition) is 4. The third-order valence-corrected chi connectivity index (χ3v) is 8.59. The molecule has 0 bridgehead atoms. The number of nitrogens with zero attached hydrogens (tertiary/aromatic N) is 1. The molecule has 0 saturated heterocycles. The van der Waals surface area contributed by atoms with E-state index in [2.05, 4.69) is 30.9 Å². The number of Topliss-reactive ketones (excluding diaryl/α,β-unsaturated/α-hetero) is 1. The first-order chi connectivity index (χ1) is 16.2. The second kappa shape index (κ2) is 11.0. The lowest BCUT2D eigenvalue weighted by Crippen LogP contribution is -2.39. The molecule has 3 rings (SSSR count). The molecule has 0 N–H and O–H groups in total. The number of methoxy groups -OCH3 is 1. The highest BCUT2D eigenvalue weighted by Crippen LogP contribution is 2.20. The van der Waals surface area contributed by atoms with Gasteiger partial charge in [0, 0.05) is 13.2 Å². The van der Waals surface area contributed by atoms with Gasteiger partial charge in [0.25, 0.3) is 5.56 Å². The van der Waals surface area contributed by atoms with Crippen molar-refractivity contribution in [2.75, 3.05) is 7.11 Å². The minimum Gasteiger partial charge on any atom is -0.497 e. The maximum Gasteiger partial charge on any atom is 0.265 e. The summed E-state index contributed by atoms with van der Waals surface area (Å²) in [6.45, 7) is 6.46. The number of hydrogen-bond donors (Lipinski definition) is 0. The fraction of sp³-hybridized carbons (Fsp3) is 0.214. The monoisotopic (exact) mass is 473 g/mol. The zero-order chi connectivity index (χ0) is 24.7. The van der Waals surface area contributed by atoms with Crippen molar-refractivity contribution in [2.45, 2.75) is 26.6 Å². The minimum absolute atomic E-state index is 0.0419. The maximum absolute atomic E-state index is 13.3. The summed E-state index contributed by atoms with van der Waals surface area (Å²) >= 11 is 0. The molecule has 0 fully saturated rings. The molecule has 0 amide bonds. The largest absolute Gasteiger partial charge is 0.497 e. The van der Waals surface area contributed by atoms with Crippen LogP contribution in [0.2, 0.25) is 13.1 Å². The van der Waals surface area contributed by atoms with Crippen LogP contribution in [0.15, 0.2) is 95.1 Å². The third-order valence-electron chi connectivity index (χ3n) is 5.75. The van der Waals surface area contributed by atoms with Crippen LogP contribution in [0.3, 0.4) is 0 Å². The standard InChI is InChI=1S/C28H31NO4Si/c1-21(10-9-19-34(4,5)24-11-7-6-8-12-24)27(30)26-25(17-18-29(2)28(26)31)33-20-22-13-15-23(32-3)16-14-22/h6-19H,20H2,1-5H3/b19-9+,21-10+. The summed E-state index contributed by atoms with van der Waals surface area (Å²) in [7, 11) is 1.45. The summed E-state index contributed by atoms with van der Waals surface area (Å²) < 4.78 is 12.5. The van der Waals surface area contributed by atoms with E-state index >= 15 is 0 Å². The number of benzene rings is 2. The molecule has 2 aromatic carbocycles. The van der Waals surface area contributed by atoms with Gasteiger partial charge in [0.05, 0.1) is 7.11 Å². The number of aryl methyl sites for hydroxylation is 1. The van der Waals surface area contributed by atoms with Crippen LogP contribution in [0.25, 0.3) is 0 Å².